The van der Waals surface area contributed by atoms with Gasteiger partial charge in [0.05, 0.1) is 5.69 Å². The van der Waals surface area contributed by atoms with Gasteiger partial charge in [0.2, 0.25) is 0 Å². The van der Waals surface area contributed by atoms with Crippen molar-refractivity contribution in [1.29, 1.82) is 0 Å². The Labute approximate surface area is 77.3 Å². The minimum absolute atomic E-state index is 0.617. The van der Waals surface area contributed by atoms with E-state index in [1.807, 2.05) is 18.2 Å². The van der Waals surface area contributed by atoms with Crippen LogP contribution in [0, 0.1) is 0 Å². The summed E-state index contributed by atoms with van der Waals surface area (Å²) in [6.07, 6.45) is 1.77. The molecule has 0 aliphatic heterocycles. The molecule has 0 aliphatic carbocycles. The highest BCUT2D eigenvalue weighted by molar-refractivity contribution is 6.29. The van der Waals surface area contributed by atoms with Gasteiger partial charge in [0.1, 0.15) is 0 Å². The summed E-state index contributed by atoms with van der Waals surface area (Å²) in [5, 5.41) is 3.72. The molecule has 0 unspecified atom stereocenters. The highest BCUT2D eigenvalue weighted by atomic mass is 35.5. The van der Waals surface area contributed by atoms with E-state index >= 15 is 0 Å². The second kappa shape index (κ2) is 4.91. The molecule has 1 aromatic heterocycles. The van der Waals surface area contributed by atoms with E-state index in [4.69, 9.17) is 11.6 Å². The lowest BCUT2D eigenvalue weighted by Crippen LogP contribution is -2.15. The third kappa shape index (κ3) is 3.51. The van der Waals surface area contributed by atoms with Gasteiger partial charge in [0.15, 0.2) is 0 Å². The minimum Gasteiger partial charge on any atom is -0.306 e. The van der Waals surface area contributed by atoms with Gasteiger partial charge in [0, 0.05) is 24.3 Å². The van der Waals surface area contributed by atoms with Gasteiger partial charge < -0.3 is 5.32 Å². The highest BCUT2D eigenvalue weighted by Gasteiger charge is 1.91. The summed E-state index contributed by atoms with van der Waals surface area (Å²) >= 11 is 5.57. The maximum atomic E-state index is 5.57. The second-order valence-electron chi connectivity index (χ2n) is 2.44. The summed E-state index contributed by atoms with van der Waals surface area (Å²) in [5.41, 5.74) is 1.01. The van der Waals surface area contributed by atoms with Crippen molar-refractivity contribution in [3.63, 3.8) is 0 Å². The standard InChI is InChI=1S/C9H11ClN2/c1-8(10)6-11-7-9-4-2-3-5-12-9/h2-5,11H,1,6-7H2. The van der Waals surface area contributed by atoms with Gasteiger partial charge in [-0.1, -0.05) is 24.2 Å². The first-order valence-electron chi connectivity index (χ1n) is 3.73. The van der Waals surface area contributed by atoms with E-state index in [1.165, 1.54) is 0 Å². The zero-order valence-electron chi connectivity index (χ0n) is 6.76. The van der Waals surface area contributed by atoms with Crippen molar-refractivity contribution in [2.75, 3.05) is 6.54 Å². The summed E-state index contributed by atoms with van der Waals surface area (Å²) in [5.74, 6) is 0. The zero-order valence-corrected chi connectivity index (χ0v) is 7.51. The van der Waals surface area contributed by atoms with Crippen LogP contribution in [-0.2, 0) is 6.54 Å². The van der Waals surface area contributed by atoms with Crippen molar-refractivity contribution < 1.29 is 0 Å². The van der Waals surface area contributed by atoms with Crippen LogP contribution in [-0.4, -0.2) is 11.5 Å². The van der Waals surface area contributed by atoms with Crippen molar-refractivity contribution in [2.24, 2.45) is 0 Å². The zero-order chi connectivity index (χ0) is 8.81. The first kappa shape index (κ1) is 9.23. The first-order valence-corrected chi connectivity index (χ1v) is 4.11. The van der Waals surface area contributed by atoms with Crippen LogP contribution in [0.1, 0.15) is 5.69 Å². The number of nitrogens with zero attached hydrogens (tertiary/aromatic N) is 1. The van der Waals surface area contributed by atoms with Crippen LogP contribution in [0.25, 0.3) is 0 Å². The molecule has 0 amide bonds. The Morgan fingerprint density at radius 2 is 2.42 bits per heavy atom. The number of hydrogen-bond acceptors (Lipinski definition) is 2. The molecule has 1 rings (SSSR count). The van der Waals surface area contributed by atoms with Crippen molar-refractivity contribution >= 4 is 11.6 Å². The van der Waals surface area contributed by atoms with Crippen LogP contribution < -0.4 is 5.32 Å². The molecule has 1 aromatic rings. The molecule has 0 fully saturated rings. The second-order valence-corrected chi connectivity index (χ2v) is 2.98. The number of rotatable bonds is 4. The van der Waals surface area contributed by atoms with Crippen molar-refractivity contribution in [3.05, 3.63) is 41.7 Å². The predicted molar refractivity (Wildman–Crippen MR) is 50.9 cm³/mol. The largest absolute Gasteiger partial charge is 0.306 e. The number of aromatic nitrogens is 1. The van der Waals surface area contributed by atoms with E-state index in [1.54, 1.807) is 6.20 Å². The molecule has 3 heteroatoms. The van der Waals surface area contributed by atoms with Crippen molar-refractivity contribution in [2.45, 2.75) is 6.54 Å². The fourth-order valence-electron chi connectivity index (χ4n) is 0.829. The van der Waals surface area contributed by atoms with E-state index < -0.39 is 0 Å². The fourth-order valence-corrected chi connectivity index (χ4v) is 0.923. The van der Waals surface area contributed by atoms with Crippen LogP contribution in [0.4, 0.5) is 0 Å². The van der Waals surface area contributed by atoms with Crippen LogP contribution in [0.15, 0.2) is 36.0 Å². The highest BCUT2D eigenvalue weighted by Crippen LogP contribution is 1.95. The smallest absolute Gasteiger partial charge is 0.0541 e. The van der Waals surface area contributed by atoms with E-state index in [2.05, 4.69) is 16.9 Å². The van der Waals surface area contributed by atoms with Crippen LogP contribution in [0.3, 0.4) is 0 Å². The first-order chi connectivity index (χ1) is 5.79. The van der Waals surface area contributed by atoms with Crippen LogP contribution in [0.2, 0.25) is 0 Å². The molecule has 0 bridgehead atoms. The lowest BCUT2D eigenvalue weighted by atomic mass is 10.3. The third-order valence-corrected chi connectivity index (χ3v) is 1.48. The SMILES string of the molecule is C=C(Cl)CNCc1ccccn1. The van der Waals surface area contributed by atoms with E-state index in [0.29, 0.717) is 11.6 Å². The molecular formula is C9H11ClN2. The van der Waals surface area contributed by atoms with Gasteiger partial charge in [-0.3, -0.25) is 4.98 Å². The van der Waals surface area contributed by atoms with Gasteiger partial charge >= 0.3 is 0 Å². The van der Waals surface area contributed by atoms with Gasteiger partial charge in [-0.05, 0) is 12.1 Å². The van der Waals surface area contributed by atoms with Gasteiger partial charge in [0.25, 0.3) is 0 Å². The van der Waals surface area contributed by atoms with E-state index in [-0.39, 0.29) is 0 Å². The Balaban J connectivity index is 2.29. The summed E-state index contributed by atoms with van der Waals surface area (Å²) in [7, 11) is 0. The average molecular weight is 183 g/mol. The molecule has 0 radical (unpaired) electrons. The maximum absolute atomic E-state index is 5.57. The lowest BCUT2D eigenvalue weighted by Gasteiger charge is -2.01. The average Bonchev–Trinajstić information content (AvgIpc) is 2.05. The minimum atomic E-state index is 0.617. The molecular weight excluding hydrogens is 172 g/mol. The van der Waals surface area contributed by atoms with Gasteiger partial charge in [-0.2, -0.15) is 0 Å². The molecule has 0 aliphatic rings. The Hall–Kier alpha value is -0.860. The Morgan fingerprint density at radius 1 is 1.58 bits per heavy atom. The normalized spacial score (nSPS) is 9.75. The molecule has 64 valence electrons. The molecule has 2 nitrogen and oxygen atoms in total. The summed E-state index contributed by atoms with van der Waals surface area (Å²) in [4.78, 5) is 4.14. The van der Waals surface area contributed by atoms with E-state index in [9.17, 15) is 0 Å². The van der Waals surface area contributed by atoms with Gasteiger partial charge in [-0.25, -0.2) is 0 Å². The molecule has 1 N–H and O–H groups in total. The molecule has 0 saturated carbocycles. The number of halogens is 1. The Morgan fingerprint density at radius 3 is 3.00 bits per heavy atom. The third-order valence-electron chi connectivity index (χ3n) is 1.35. The fraction of sp³-hybridized carbons (Fsp3) is 0.222. The van der Waals surface area contributed by atoms with E-state index in [0.717, 1.165) is 12.2 Å². The monoisotopic (exact) mass is 182 g/mol. The molecule has 1 heterocycles. The number of nitrogens with one attached hydrogen (secondary N) is 1. The number of pyridine rings is 1. The molecule has 0 aromatic carbocycles. The van der Waals surface area contributed by atoms with Crippen molar-refractivity contribution in [3.8, 4) is 0 Å². The van der Waals surface area contributed by atoms with Gasteiger partial charge in [-0.15, -0.1) is 0 Å². The summed E-state index contributed by atoms with van der Waals surface area (Å²) in [6, 6.07) is 5.81. The predicted octanol–water partition coefficient (Wildman–Crippen LogP) is 1.92. The summed E-state index contributed by atoms with van der Waals surface area (Å²) in [6.45, 7) is 4.92. The number of hydrogen-bond donors (Lipinski definition) is 1. The topological polar surface area (TPSA) is 24.9 Å². The van der Waals surface area contributed by atoms with Crippen LogP contribution in [0.5, 0.6) is 0 Å². The van der Waals surface area contributed by atoms with Crippen molar-refractivity contribution in [1.82, 2.24) is 10.3 Å². The molecule has 0 saturated heterocycles. The molecule has 12 heavy (non-hydrogen) atoms. The van der Waals surface area contributed by atoms with Crippen LogP contribution >= 0.6 is 11.6 Å². The maximum Gasteiger partial charge on any atom is 0.0541 e. The Kier molecular flexibility index (Phi) is 3.77. The lowest BCUT2D eigenvalue weighted by molar-refractivity contribution is 0.736. The summed E-state index contributed by atoms with van der Waals surface area (Å²) < 4.78 is 0. The Bertz CT molecular complexity index is 246. The molecule has 0 spiro atoms. The quantitative estimate of drug-likeness (QED) is 0.770. The molecule has 0 atom stereocenters.